The minimum Gasteiger partial charge on any atom is -0.423 e. The van der Waals surface area contributed by atoms with Crippen LogP contribution in [0, 0.1) is 0 Å². The number of hydrogen-bond acceptors (Lipinski definition) is 5. The van der Waals surface area contributed by atoms with Crippen molar-refractivity contribution >= 4 is 128 Å². The maximum Gasteiger partial charge on any atom is 0.341 e. The zero-order chi connectivity index (χ0) is 24.5. The van der Waals surface area contributed by atoms with E-state index in [4.69, 9.17) is 130 Å². The molecule has 1 atom stereocenters. The molecule has 2 aromatic carbocycles. The van der Waals surface area contributed by atoms with E-state index in [0.29, 0.717) is 0 Å². The van der Waals surface area contributed by atoms with Crippen molar-refractivity contribution in [1.82, 2.24) is 0 Å². The molecule has 0 fully saturated rings. The Bertz CT molecular complexity index is 1050. The SMILES string of the molecule is CO[C@@H](CC(=O)Oc1c(Cl)c(Cl)c(Cl)c(Cl)c1Cl)C(=O)Oc1c(Cl)c(Cl)c(Cl)c(Cl)c1Cl. The third-order valence-corrected chi connectivity index (χ3v) is 8.14. The first kappa shape index (κ1) is 28.5. The molecule has 0 aliphatic rings. The van der Waals surface area contributed by atoms with Gasteiger partial charge in [0, 0.05) is 7.11 Å². The summed E-state index contributed by atoms with van der Waals surface area (Å²) >= 11 is 59.6. The Balaban J connectivity index is 2.24. The standard InChI is InChI=1S/C17H6Cl10O5/c1-30-3(17(29)32-16-13(26)9(22)6(19)10(23)14(16)27)2-4(28)31-15-11(24)7(20)5(18)8(21)12(15)25/h3H,2H2,1H3/t3-/m0/s1. The first-order valence-corrected chi connectivity index (χ1v) is 11.6. The molecule has 0 amide bonds. The topological polar surface area (TPSA) is 61.8 Å². The van der Waals surface area contributed by atoms with Gasteiger partial charge in [0.15, 0.2) is 17.6 Å². The van der Waals surface area contributed by atoms with E-state index in [9.17, 15) is 9.59 Å². The predicted molar refractivity (Wildman–Crippen MR) is 130 cm³/mol. The van der Waals surface area contributed by atoms with Gasteiger partial charge in [-0.15, -0.1) is 0 Å². The molecule has 2 rings (SSSR count). The largest absolute Gasteiger partial charge is 0.423 e. The predicted octanol–water partition coefficient (Wildman–Crippen LogP) is 9.14. The van der Waals surface area contributed by atoms with Crippen LogP contribution in [-0.4, -0.2) is 25.2 Å². The lowest BCUT2D eigenvalue weighted by Crippen LogP contribution is -2.31. The second-order valence-corrected chi connectivity index (χ2v) is 9.40. The van der Waals surface area contributed by atoms with Crippen molar-refractivity contribution in [2.45, 2.75) is 12.5 Å². The van der Waals surface area contributed by atoms with Crippen LogP contribution < -0.4 is 9.47 Å². The quantitative estimate of drug-likeness (QED) is 0.136. The number of benzene rings is 2. The molecule has 174 valence electrons. The maximum absolute atomic E-state index is 12.5. The Morgan fingerprint density at radius 1 is 0.594 bits per heavy atom. The van der Waals surface area contributed by atoms with Gasteiger partial charge in [-0.05, 0) is 0 Å². The Kier molecular flexibility index (Phi) is 10.5. The van der Waals surface area contributed by atoms with Gasteiger partial charge < -0.3 is 14.2 Å². The van der Waals surface area contributed by atoms with Gasteiger partial charge in [-0.1, -0.05) is 116 Å². The van der Waals surface area contributed by atoms with Gasteiger partial charge >= 0.3 is 11.9 Å². The van der Waals surface area contributed by atoms with E-state index >= 15 is 0 Å². The van der Waals surface area contributed by atoms with Crippen LogP contribution >= 0.6 is 116 Å². The van der Waals surface area contributed by atoms with Crippen molar-refractivity contribution in [3.05, 3.63) is 50.2 Å². The highest BCUT2D eigenvalue weighted by Crippen LogP contribution is 2.49. The van der Waals surface area contributed by atoms with Crippen LogP contribution in [0.3, 0.4) is 0 Å². The van der Waals surface area contributed by atoms with Crippen LogP contribution in [0.1, 0.15) is 6.42 Å². The van der Waals surface area contributed by atoms with Crippen molar-refractivity contribution < 1.29 is 23.8 Å². The van der Waals surface area contributed by atoms with Crippen molar-refractivity contribution in [3.8, 4) is 11.5 Å². The van der Waals surface area contributed by atoms with E-state index in [1.807, 2.05) is 0 Å². The molecule has 0 heterocycles. The monoisotopic (exact) mass is 640 g/mol. The number of esters is 2. The highest BCUT2D eigenvalue weighted by atomic mass is 35.5. The molecule has 0 saturated carbocycles. The van der Waals surface area contributed by atoms with Crippen LogP contribution in [0.4, 0.5) is 0 Å². The van der Waals surface area contributed by atoms with Crippen LogP contribution in [0.15, 0.2) is 0 Å². The summed E-state index contributed by atoms with van der Waals surface area (Å²) in [6.07, 6.45) is -2.12. The summed E-state index contributed by atoms with van der Waals surface area (Å²) in [7, 11) is 1.14. The molecular formula is C17H6Cl10O5. The number of methoxy groups -OCH3 is 1. The van der Waals surface area contributed by atoms with Crippen molar-refractivity contribution in [1.29, 1.82) is 0 Å². The molecule has 15 heteroatoms. The van der Waals surface area contributed by atoms with Crippen LogP contribution in [-0.2, 0) is 14.3 Å². The van der Waals surface area contributed by atoms with Gasteiger partial charge in [-0.2, -0.15) is 0 Å². The molecule has 32 heavy (non-hydrogen) atoms. The van der Waals surface area contributed by atoms with Crippen LogP contribution in [0.5, 0.6) is 11.5 Å². The van der Waals surface area contributed by atoms with Gasteiger partial charge in [0.2, 0.25) is 0 Å². The first-order valence-electron chi connectivity index (χ1n) is 7.81. The maximum atomic E-state index is 12.5. The normalized spacial score (nSPS) is 12.0. The fourth-order valence-electron chi connectivity index (χ4n) is 2.08. The van der Waals surface area contributed by atoms with Crippen molar-refractivity contribution in [3.63, 3.8) is 0 Å². The van der Waals surface area contributed by atoms with Gasteiger partial charge in [0.25, 0.3) is 0 Å². The number of ether oxygens (including phenoxy) is 3. The molecule has 5 nitrogen and oxygen atoms in total. The van der Waals surface area contributed by atoms with Gasteiger partial charge in [-0.3, -0.25) is 4.79 Å². The lowest BCUT2D eigenvalue weighted by atomic mass is 10.2. The average molecular weight is 645 g/mol. The molecular weight excluding hydrogens is 639 g/mol. The molecule has 0 spiro atoms. The summed E-state index contributed by atoms with van der Waals surface area (Å²) < 4.78 is 15.2. The smallest absolute Gasteiger partial charge is 0.341 e. The van der Waals surface area contributed by atoms with Gasteiger partial charge in [-0.25, -0.2) is 4.79 Å². The molecule has 0 aliphatic heterocycles. The Morgan fingerprint density at radius 3 is 1.25 bits per heavy atom. The third kappa shape index (κ3) is 5.89. The molecule has 0 bridgehead atoms. The summed E-state index contributed by atoms with van der Waals surface area (Å²) in [6, 6.07) is 0. The molecule has 2 aromatic rings. The number of hydrogen-bond donors (Lipinski definition) is 0. The third-order valence-electron chi connectivity index (χ3n) is 3.66. The second-order valence-electron chi connectivity index (χ2n) is 5.62. The average Bonchev–Trinajstić information content (AvgIpc) is 2.77. The summed E-state index contributed by atoms with van der Waals surface area (Å²) in [6.45, 7) is 0. The number of rotatable bonds is 6. The van der Waals surface area contributed by atoms with E-state index < -0.39 is 24.5 Å². The molecule has 0 aromatic heterocycles. The minimum absolute atomic E-state index is 0.129. The first-order chi connectivity index (χ1) is 14.8. The molecule has 0 N–H and O–H groups in total. The Labute approximate surface area is 231 Å². The molecule has 0 saturated heterocycles. The highest BCUT2D eigenvalue weighted by molar-refractivity contribution is 6.56. The van der Waals surface area contributed by atoms with Crippen LogP contribution in [0.2, 0.25) is 50.2 Å². The summed E-state index contributed by atoms with van der Waals surface area (Å²) in [5.74, 6) is -2.82. The summed E-state index contributed by atoms with van der Waals surface area (Å²) in [4.78, 5) is 24.9. The fraction of sp³-hybridized carbons (Fsp3) is 0.176. The summed E-state index contributed by atoms with van der Waals surface area (Å²) in [5, 5.41) is -2.11. The molecule has 0 unspecified atom stereocenters. The van der Waals surface area contributed by atoms with Gasteiger partial charge in [0.05, 0.1) is 36.6 Å². The number of halogens is 10. The minimum atomic E-state index is -1.47. The lowest BCUT2D eigenvalue weighted by Gasteiger charge is -2.17. The van der Waals surface area contributed by atoms with Crippen LogP contribution in [0.25, 0.3) is 0 Å². The van der Waals surface area contributed by atoms with Gasteiger partial charge in [0.1, 0.15) is 20.1 Å². The zero-order valence-corrected chi connectivity index (χ0v) is 22.7. The van der Waals surface area contributed by atoms with E-state index in [0.717, 1.165) is 7.11 Å². The number of carbonyl (C=O) groups excluding carboxylic acids is 2. The summed E-state index contributed by atoms with van der Waals surface area (Å²) in [5.41, 5.74) is 0. The fourth-order valence-corrected chi connectivity index (χ4v) is 4.48. The van der Waals surface area contributed by atoms with E-state index in [1.54, 1.807) is 0 Å². The van der Waals surface area contributed by atoms with E-state index in [1.165, 1.54) is 0 Å². The number of carbonyl (C=O) groups is 2. The highest BCUT2D eigenvalue weighted by Gasteiger charge is 2.30. The van der Waals surface area contributed by atoms with E-state index in [2.05, 4.69) is 0 Å². The Hall–Kier alpha value is 0.240. The molecule has 0 aliphatic carbocycles. The van der Waals surface area contributed by atoms with E-state index in [-0.39, 0.29) is 61.7 Å². The lowest BCUT2D eigenvalue weighted by molar-refractivity contribution is -0.151. The van der Waals surface area contributed by atoms with Crippen molar-refractivity contribution in [2.75, 3.05) is 7.11 Å². The van der Waals surface area contributed by atoms with Crippen molar-refractivity contribution in [2.24, 2.45) is 0 Å². The molecule has 0 radical (unpaired) electrons. The zero-order valence-electron chi connectivity index (χ0n) is 15.1. The second kappa shape index (κ2) is 11.8. The Morgan fingerprint density at radius 2 is 0.906 bits per heavy atom.